The maximum atomic E-state index is 5.67. The number of nitrogens with zero attached hydrogens (tertiary/aromatic N) is 2. The van der Waals surface area contributed by atoms with Crippen molar-refractivity contribution in [2.75, 3.05) is 13.6 Å². The lowest BCUT2D eigenvalue weighted by molar-refractivity contribution is 0.242. The fraction of sp³-hybridized carbons (Fsp3) is 0.304. The minimum Gasteiger partial charge on any atom is -0.491 e. The zero-order valence-electron chi connectivity index (χ0n) is 17.2. The molecule has 0 aliphatic rings. The first-order chi connectivity index (χ1) is 14.1. The molecule has 6 nitrogen and oxygen atoms in total. The van der Waals surface area contributed by atoms with Crippen molar-refractivity contribution in [1.82, 2.24) is 15.6 Å². The van der Waals surface area contributed by atoms with Crippen LogP contribution in [0.1, 0.15) is 25.1 Å². The van der Waals surface area contributed by atoms with Crippen molar-refractivity contribution in [1.29, 1.82) is 0 Å². The fourth-order valence-corrected chi connectivity index (χ4v) is 2.83. The molecule has 3 aromatic rings. The quantitative estimate of drug-likeness (QED) is 0.447. The van der Waals surface area contributed by atoms with Gasteiger partial charge in [0.15, 0.2) is 5.96 Å². The third kappa shape index (κ3) is 6.38. The van der Waals surface area contributed by atoms with Crippen molar-refractivity contribution in [3.63, 3.8) is 0 Å². The Bertz CT molecular complexity index is 902. The molecular formula is C23H28N4O2. The van der Waals surface area contributed by atoms with Crippen molar-refractivity contribution in [3.05, 3.63) is 72.1 Å². The Hall–Kier alpha value is -3.28. The summed E-state index contributed by atoms with van der Waals surface area (Å²) in [5, 5.41) is 6.59. The number of nitrogens with one attached hydrogen (secondary N) is 2. The summed E-state index contributed by atoms with van der Waals surface area (Å²) < 4.78 is 11.2. The number of aliphatic imine (C=N–C) groups is 1. The van der Waals surface area contributed by atoms with E-state index in [0.29, 0.717) is 12.4 Å². The van der Waals surface area contributed by atoms with Crippen molar-refractivity contribution in [2.45, 2.75) is 32.9 Å². The molecule has 0 fully saturated rings. The third-order valence-corrected chi connectivity index (χ3v) is 4.23. The molecule has 0 spiro atoms. The van der Waals surface area contributed by atoms with Gasteiger partial charge < -0.3 is 19.8 Å². The lowest BCUT2D eigenvalue weighted by Crippen LogP contribution is -2.37. The molecule has 2 N–H and O–H groups in total. The Balaban J connectivity index is 1.43. The first-order valence-electron chi connectivity index (χ1n) is 9.84. The SMILES string of the molecule is CN=C(NCCc1ccc(OC(C)C)cc1)NCc1coc(-c2ccccc2)n1. The summed E-state index contributed by atoms with van der Waals surface area (Å²) >= 11 is 0. The van der Waals surface area contributed by atoms with Crippen molar-refractivity contribution in [3.8, 4) is 17.2 Å². The van der Waals surface area contributed by atoms with Gasteiger partial charge in [-0.2, -0.15) is 0 Å². The molecule has 0 aliphatic heterocycles. The summed E-state index contributed by atoms with van der Waals surface area (Å²) in [7, 11) is 1.76. The van der Waals surface area contributed by atoms with E-state index in [1.54, 1.807) is 13.3 Å². The zero-order valence-corrected chi connectivity index (χ0v) is 17.2. The minimum atomic E-state index is 0.186. The van der Waals surface area contributed by atoms with E-state index in [2.05, 4.69) is 32.7 Å². The van der Waals surface area contributed by atoms with Crippen LogP contribution in [0.25, 0.3) is 11.5 Å². The van der Waals surface area contributed by atoms with Crippen LogP contribution < -0.4 is 15.4 Å². The molecular weight excluding hydrogens is 364 g/mol. The topological polar surface area (TPSA) is 71.7 Å². The number of ether oxygens (including phenoxy) is 1. The third-order valence-electron chi connectivity index (χ3n) is 4.23. The number of hydrogen-bond acceptors (Lipinski definition) is 4. The normalized spacial score (nSPS) is 11.5. The summed E-state index contributed by atoms with van der Waals surface area (Å²) in [5.41, 5.74) is 3.03. The summed E-state index contributed by atoms with van der Waals surface area (Å²) in [6, 6.07) is 18.1. The first kappa shape index (κ1) is 20.5. The van der Waals surface area contributed by atoms with Crippen LogP contribution in [0.5, 0.6) is 5.75 Å². The van der Waals surface area contributed by atoms with Crippen LogP contribution in [-0.4, -0.2) is 30.6 Å². The summed E-state index contributed by atoms with van der Waals surface area (Å²) in [5.74, 6) is 2.25. The van der Waals surface area contributed by atoms with E-state index in [1.807, 2.05) is 56.3 Å². The second kappa shape index (κ2) is 10.3. The second-order valence-corrected chi connectivity index (χ2v) is 6.92. The van der Waals surface area contributed by atoms with E-state index in [1.165, 1.54) is 5.56 Å². The van der Waals surface area contributed by atoms with E-state index in [-0.39, 0.29) is 6.10 Å². The zero-order chi connectivity index (χ0) is 20.5. The van der Waals surface area contributed by atoms with Gasteiger partial charge in [-0.1, -0.05) is 30.3 Å². The van der Waals surface area contributed by atoms with Gasteiger partial charge in [0.25, 0.3) is 0 Å². The molecule has 2 aromatic carbocycles. The molecule has 152 valence electrons. The molecule has 0 amide bonds. The second-order valence-electron chi connectivity index (χ2n) is 6.92. The Labute approximate surface area is 172 Å². The molecule has 0 bridgehead atoms. The largest absolute Gasteiger partial charge is 0.491 e. The minimum absolute atomic E-state index is 0.186. The van der Waals surface area contributed by atoms with E-state index in [0.717, 1.165) is 35.9 Å². The number of hydrogen-bond donors (Lipinski definition) is 2. The Morgan fingerprint density at radius 2 is 1.83 bits per heavy atom. The molecule has 0 radical (unpaired) electrons. The van der Waals surface area contributed by atoms with Gasteiger partial charge >= 0.3 is 0 Å². The molecule has 0 unspecified atom stereocenters. The molecule has 1 aromatic heterocycles. The molecule has 1 heterocycles. The predicted octanol–water partition coefficient (Wildman–Crippen LogP) is 4.04. The van der Waals surface area contributed by atoms with E-state index >= 15 is 0 Å². The van der Waals surface area contributed by atoms with Gasteiger partial charge in [-0.25, -0.2) is 4.98 Å². The van der Waals surface area contributed by atoms with Gasteiger partial charge in [0.2, 0.25) is 5.89 Å². The molecule has 0 atom stereocenters. The molecule has 0 saturated carbocycles. The molecule has 3 rings (SSSR count). The lowest BCUT2D eigenvalue weighted by Gasteiger charge is -2.12. The van der Waals surface area contributed by atoms with Crippen LogP contribution in [0.4, 0.5) is 0 Å². The van der Waals surface area contributed by atoms with Crippen LogP contribution in [0.3, 0.4) is 0 Å². The maximum absolute atomic E-state index is 5.67. The van der Waals surface area contributed by atoms with E-state index < -0.39 is 0 Å². The van der Waals surface area contributed by atoms with Gasteiger partial charge in [0.05, 0.1) is 18.3 Å². The van der Waals surface area contributed by atoms with Crippen molar-refractivity contribution >= 4 is 5.96 Å². The fourth-order valence-electron chi connectivity index (χ4n) is 2.83. The standard InChI is InChI=1S/C23H28N4O2/c1-17(2)29-21-11-9-18(10-12-21)13-14-25-23(24-3)26-15-20-16-28-22(27-20)19-7-5-4-6-8-19/h4-12,16-17H,13-15H2,1-3H3,(H2,24,25,26). The van der Waals surface area contributed by atoms with Crippen LogP contribution in [0.15, 0.2) is 70.3 Å². The smallest absolute Gasteiger partial charge is 0.226 e. The Morgan fingerprint density at radius 3 is 2.52 bits per heavy atom. The summed E-state index contributed by atoms with van der Waals surface area (Å²) in [6.45, 7) is 5.37. The van der Waals surface area contributed by atoms with Crippen LogP contribution in [-0.2, 0) is 13.0 Å². The lowest BCUT2D eigenvalue weighted by atomic mass is 10.1. The highest BCUT2D eigenvalue weighted by Gasteiger charge is 2.07. The molecule has 29 heavy (non-hydrogen) atoms. The Kier molecular flexibility index (Phi) is 7.28. The predicted molar refractivity (Wildman–Crippen MR) is 116 cm³/mol. The highest BCUT2D eigenvalue weighted by atomic mass is 16.5. The molecule has 0 saturated heterocycles. The number of guanidine groups is 1. The molecule has 6 heteroatoms. The Morgan fingerprint density at radius 1 is 1.07 bits per heavy atom. The van der Waals surface area contributed by atoms with Gasteiger partial charge in [0.1, 0.15) is 12.0 Å². The number of oxazole rings is 1. The first-order valence-corrected chi connectivity index (χ1v) is 9.84. The van der Waals surface area contributed by atoms with E-state index in [4.69, 9.17) is 9.15 Å². The van der Waals surface area contributed by atoms with Crippen LogP contribution in [0, 0.1) is 0 Å². The summed E-state index contributed by atoms with van der Waals surface area (Å²) in [6.07, 6.45) is 2.75. The monoisotopic (exact) mass is 392 g/mol. The van der Waals surface area contributed by atoms with Crippen molar-refractivity contribution < 1.29 is 9.15 Å². The number of aromatic nitrogens is 1. The highest BCUT2D eigenvalue weighted by Crippen LogP contribution is 2.17. The van der Waals surface area contributed by atoms with Gasteiger partial charge in [-0.3, -0.25) is 4.99 Å². The average molecular weight is 393 g/mol. The molecule has 0 aliphatic carbocycles. The van der Waals surface area contributed by atoms with E-state index in [9.17, 15) is 0 Å². The van der Waals surface area contributed by atoms with Crippen LogP contribution >= 0.6 is 0 Å². The van der Waals surface area contributed by atoms with Crippen molar-refractivity contribution in [2.24, 2.45) is 4.99 Å². The van der Waals surface area contributed by atoms with Gasteiger partial charge in [0, 0.05) is 19.2 Å². The summed E-state index contributed by atoms with van der Waals surface area (Å²) in [4.78, 5) is 8.78. The van der Waals surface area contributed by atoms with Gasteiger partial charge in [-0.05, 0) is 50.1 Å². The highest BCUT2D eigenvalue weighted by molar-refractivity contribution is 5.79. The number of benzene rings is 2. The van der Waals surface area contributed by atoms with Gasteiger partial charge in [-0.15, -0.1) is 0 Å². The average Bonchev–Trinajstić information content (AvgIpc) is 3.21. The number of rotatable bonds is 8. The van der Waals surface area contributed by atoms with Crippen LogP contribution in [0.2, 0.25) is 0 Å². The maximum Gasteiger partial charge on any atom is 0.226 e.